The van der Waals surface area contributed by atoms with E-state index < -0.39 is 5.79 Å². The zero-order valence-corrected chi connectivity index (χ0v) is 16.4. The van der Waals surface area contributed by atoms with Crippen LogP contribution in [-0.2, 0) is 26.5 Å². The third-order valence-corrected chi connectivity index (χ3v) is 4.87. The van der Waals surface area contributed by atoms with Crippen LogP contribution in [0.2, 0.25) is 10.0 Å². The van der Waals surface area contributed by atoms with Gasteiger partial charge in [0.25, 0.3) is 0 Å². The molecule has 0 spiro atoms. The highest BCUT2D eigenvalue weighted by Crippen LogP contribution is 2.41. The monoisotopic (exact) mass is 410 g/mol. The number of rotatable bonds is 7. The molecule has 1 aliphatic rings. The molecule has 2 aromatic heterocycles. The largest absolute Gasteiger partial charge is 0.454 e. The topological polar surface area (TPSA) is 58.7 Å². The molecule has 2 unspecified atom stereocenters. The molecule has 144 valence electrons. The number of fused-ring (bicyclic) bond motifs is 1. The standard InChI is InChI=1S/C19H20Cl2N2O4/c1-2-5-24-9-15-10-25-19(27-15,11-23-4-3-22-12-23)17-7-13-6-14(20)8-16(21)18(13)26-17/h3-4,6-8,12,15H,2,5,9-11H2,1H3. The van der Waals surface area contributed by atoms with Gasteiger partial charge in [-0.2, -0.15) is 0 Å². The lowest BCUT2D eigenvalue weighted by atomic mass is 10.1. The smallest absolute Gasteiger partial charge is 0.247 e. The number of aromatic nitrogens is 2. The molecule has 0 amide bonds. The van der Waals surface area contributed by atoms with E-state index in [-0.39, 0.29) is 6.10 Å². The molecule has 4 rings (SSSR count). The summed E-state index contributed by atoms with van der Waals surface area (Å²) in [6.45, 7) is 4.02. The molecule has 6 nitrogen and oxygen atoms in total. The Labute approximate surface area is 166 Å². The summed E-state index contributed by atoms with van der Waals surface area (Å²) in [4.78, 5) is 4.10. The van der Waals surface area contributed by atoms with Crippen LogP contribution in [0.25, 0.3) is 11.0 Å². The molecular formula is C19H20Cl2N2O4. The first-order valence-electron chi connectivity index (χ1n) is 8.84. The third kappa shape index (κ3) is 3.86. The van der Waals surface area contributed by atoms with E-state index in [9.17, 15) is 0 Å². The molecule has 8 heteroatoms. The minimum absolute atomic E-state index is 0.188. The van der Waals surface area contributed by atoms with Gasteiger partial charge < -0.3 is 23.2 Å². The average Bonchev–Trinajstić information content (AvgIpc) is 3.36. The minimum atomic E-state index is -1.09. The maximum Gasteiger partial charge on any atom is 0.247 e. The third-order valence-electron chi connectivity index (χ3n) is 4.37. The number of furan rings is 1. The Bertz CT molecular complexity index is 912. The molecule has 0 saturated carbocycles. The van der Waals surface area contributed by atoms with Crippen LogP contribution in [0.4, 0.5) is 0 Å². The van der Waals surface area contributed by atoms with E-state index in [0.29, 0.717) is 47.8 Å². The van der Waals surface area contributed by atoms with E-state index in [1.807, 2.05) is 16.8 Å². The molecule has 0 radical (unpaired) electrons. The van der Waals surface area contributed by atoms with Crippen molar-refractivity contribution >= 4 is 34.2 Å². The van der Waals surface area contributed by atoms with Crippen molar-refractivity contribution in [2.24, 2.45) is 0 Å². The molecule has 0 bridgehead atoms. The Morgan fingerprint density at radius 1 is 1.33 bits per heavy atom. The van der Waals surface area contributed by atoms with E-state index in [0.717, 1.165) is 11.8 Å². The van der Waals surface area contributed by atoms with Gasteiger partial charge in [-0.05, 0) is 24.6 Å². The van der Waals surface area contributed by atoms with Crippen LogP contribution in [0.5, 0.6) is 0 Å². The predicted octanol–water partition coefficient (Wildman–Crippen LogP) is 4.63. The molecule has 1 aliphatic heterocycles. The number of benzene rings is 1. The normalized spacial score (nSPS) is 22.7. The maximum atomic E-state index is 6.29. The van der Waals surface area contributed by atoms with Crippen LogP contribution in [0, 0.1) is 0 Å². The molecule has 2 atom stereocenters. The van der Waals surface area contributed by atoms with Crippen molar-refractivity contribution in [3.63, 3.8) is 0 Å². The van der Waals surface area contributed by atoms with E-state index in [2.05, 4.69) is 11.9 Å². The summed E-state index contributed by atoms with van der Waals surface area (Å²) in [5.74, 6) is -0.552. The van der Waals surface area contributed by atoms with Crippen molar-refractivity contribution in [3.05, 3.63) is 52.7 Å². The summed E-state index contributed by atoms with van der Waals surface area (Å²) in [5, 5.41) is 1.79. The van der Waals surface area contributed by atoms with Crippen LogP contribution < -0.4 is 0 Å². The number of imidazole rings is 1. The van der Waals surface area contributed by atoms with Gasteiger partial charge in [0.05, 0.1) is 31.1 Å². The van der Waals surface area contributed by atoms with Gasteiger partial charge >= 0.3 is 0 Å². The maximum absolute atomic E-state index is 6.29. The lowest BCUT2D eigenvalue weighted by Crippen LogP contribution is -2.33. The average molecular weight is 411 g/mol. The molecule has 3 aromatic rings. The van der Waals surface area contributed by atoms with Crippen molar-refractivity contribution in [1.82, 2.24) is 9.55 Å². The van der Waals surface area contributed by atoms with Crippen LogP contribution in [0.15, 0.2) is 41.3 Å². The zero-order chi connectivity index (χ0) is 18.9. The van der Waals surface area contributed by atoms with E-state index in [1.54, 1.807) is 24.7 Å². The first kappa shape index (κ1) is 18.8. The number of hydrogen-bond donors (Lipinski definition) is 0. The molecule has 1 saturated heterocycles. The van der Waals surface area contributed by atoms with Gasteiger partial charge in [0.1, 0.15) is 6.10 Å². The second-order valence-corrected chi connectivity index (χ2v) is 7.37. The number of ether oxygens (including phenoxy) is 3. The Balaban J connectivity index is 1.67. The first-order chi connectivity index (χ1) is 13.1. The summed E-state index contributed by atoms with van der Waals surface area (Å²) < 4.78 is 26.0. The van der Waals surface area contributed by atoms with Crippen LogP contribution in [-0.4, -0.2) is 35.5 Å². The second kappa shape index (κ2) is 7.81. The predicted molar refractivity (Wildman–Crippen MR) is 102 cm³/mol. The van der Waals surface area contributed by atoms with Gasteiger partial charge in [-0.3, -0.25) is 0 Å². The summed E-state index contributed by atoms with van der Waals surface area (Å²) in [6.07, 6.45) is 6.03. The molecular weight excluding hydrogens is 391 g/mol. The van der Waals surface area contributed by atoms with Gasteiger partial charge in [0.2, 0.25) is 5.79 Å². The van der Waals surface area contributed by atoms with Crippen LogP contribution >= 0.6 is 23.2 Å². The van der Waals surface area contributed by atoms with Crippen LogP contribution in [0.1, 0.15) is 19.1 Å². The van der Waals surface area contributed by atoms with Gasteiger partial charge in [0.15, 0.2) is 11.3 Å². The Kier molecular flexibility index (Phi) is 5.43. The molecule has 1 aromatic carbocycles. The quantitative estimate of drug-likeness (QED) is 0.531. The number of nitrogens with zero attached hydrogens (tertiary/aromatic N) is 2. The van der Waals surface area contributed by atoms with Gasteiger partial charge in [0, 0.05) is 29.4 Å². The zero-order valence-electron chi connectivity index (χ0n) is 14.9. The van der Waals surface area contributed by atoms with Crippen molar-refractivity contribution in [2.45, 2.75) is 31.8 Å². The van der Waals surface area contributed by atoms with E-state index >= 15 is 0 Å². The molecule has 0 aliphatic carbocycles. The summed E-state index contributed by atoms with van der Waals surface area (Å²) in [6, 6.07) is 5.32. The van der Waals surface area contributed by atoms with Crippen molar-refractivity contribution in [3.8, 4) is 0 Å². The Morgan fingerprint density at radius 2 is 2.22 bits per heavy atom. The van der Waals surface area contributed by atoms with Crippen molar-refractivity contribution in [2.75, 3.05) is 19.8 Å². The SMILES string of the molecule is CCCOCC1COC(Cn2ccnc2)(c2cc3cc(Cl)cc(Cl)c3o2)O1. The highest BCUT2D eigenvalue weighted by Gasteiger charge is 2.46. The fraction of sp³-hybridized carbons (Fsp3) is 0.421. The molecule has 3 heterocycles. The van der Waals surface area contributed by atoms with Gasteiger partial charge in [-0.1, -0.05) is 30.1 Å². The van der Waals surface area contributed by atoms with Gasteiger partial charge in [-0.15, -0.1) is 0 Å². The Morgan fingerprint density at radius 3 is 3.00 bits per heavy atom. The minimum Gasteiger partial charge on any atom is -0.454 e. The van der Waals surface area contributed by atoms with E-state index in [1.165, 1.54) is 0 Å². The molecule has 27 heavy (non-hydrogen) atoms. The van der Waals surface area contributed by atoms with Crippen LogP contribution in [0.3, 0.4) is 0 Å². The molecule has 0 N–H and O–H groups in total. The molecule has 1 fully saturated rings. The fourth-order valence-corrected chi connectivity index (χ4v) is 3.73. The Hall–Kier alpha value is -1.57. The summed E-state index contributed by atoms with van der Waals surface area (Å²) in [7, 11) is 0. The fourth-order valence-electron chi connectivity index (χ4n) is 3.18. The second-order valence-electron chi connectivity index (χ2n) is 6.53. The summed E-state index contributed by atoms with van der Waals surface area (Å²) >= 11 is 12.4. The number of halogens is 2. The van der Waals surface area contributed by atoms with Crippen molar-refractivity contribution in [1.29, 1.82) is 0 Å². The first-order valence-corrected chi connectivity index (χ1v) is 9.59. The van der Waals surface area contributed by atoms with Crippen molar-refractivity contribution < 1.29 is 18.6 Å². The highest BCUT2D eigenvalue weighted by atomic mass is 35.5. The van der Waals surface area contributed by atoms with E-state index in [4.69, 9.17) is 41.8 Å². The lowest BCUT2D eigenvalue weighted by Gasteiger charge is -2.26. The lowest BCUT2D eigenvalue weighted by molar-refractivity contribution is -0.202. The summed E-state index contributed by atoms with van der Waals surface area (Å²) in [5.41, 5.74) is 0.555. The number of hydrogen-bond acceptors (Lipinski definition) is 5. The van der Waals surface area contributed by atoms with Gasteiger partial charge in [-0.25, -0.2) is 4.98 Å². The highest BCUT2D eigenvalue weighted by molar-refractivity contribution is 6.38.